The number of nitrogens with zero attached hydrogens (tertiary/aromatic N) is 2. The molecule has 1 aromatic heterocycles. The number of hydrogen-bond acceptors (Lipinski definition) is 3. The van der Waals surface area contributed by atoms with Gasteiger partial charge in [-0.15, -0.1) is 0 Å². The van der Waals surface area contributed by atoms with Crippen molar-refractivity contribution in [1.82, 2.24) is 10.3 Å². The van der Waals surface area contributed by atoms with E-state index in [2.05, 4.69) is 15.2 Å². The van der Waals surface area contributed by atoms with Crippen LogP contribution in [0, 0.1) is 5.92 Å². The van der Waals surface area contributed by atoms with Gasteiger partial charge in [0.05, 0.1) is 0 Å². The second kappa shape index (κ2) is 4.96. The summed E-state index contributed by atoms with van der Waals surface area (Å²) >= 11 is 0. The number of rotatable bonds is 3. The molecule has 0 spiro atoms. The van der Waals surface area contributed by atoms with Crippen LogP contribution in [0.3, 0.4) is 0 Å². The molecule has 1 atom stereocenters. The lowest BCUT2D eigenvalue weighted by Crippen LogP contribution is -2.42. The van der Waals surface area contributed by atoms with Crippen molar-refractivity contribution in [3.8, 4) is 0 Å². The third-order valence-corrected chi connectivity index (χ3v) is 3.98. The number of nitrogens with one attached hydrogen (secondary N) is 1. The molecule has 1 aliphatic carbocycles. The van der Waals surface area contributed by atoms with E-state index < -0.39 is 0 Å². The lowest BCUT2D eigenvalue weighted by molar-refractivity contribution is -0.127. The first-order valence-electron chi connectivity index (χ1n) is 6.79. The van der Waals surface area contributed by atoms with Crippen LogP contribution in [-0.4, -0.2) is 30.0 Å². The lowest BCUT2D eigenvalue weighted by Gasteiger charge is -2.26. The fourth-order valence-electron chi connectivity index (χ4n) is 2.62. The van der Waals surface area contributed by atoms with Crippen LogP contribution in [0.25, 0.3) is 0 Å². The van der Waals surface area contributed by atoms with Crippen LogP contribution in [0.1, 0.15) is 25.7 Å². The summed E-state index contributed by atoms with van der Waals surface area (Å²) in [7, 11) is 0. The Bertz CT molecular complexity index is 416. The van der Waals surface area contributed by atoms with Crippen LogP contribution < -0.4 is 10.2 Å². The van der Waals surface area contributed by atoms with Crippen LogP contribution in [-0.2, 0) is 4.79 Å². The molecule has 18 heavy (non-hydrogen) atoms. The Morgan fingerprint density at radius 1 is 1.33 bits per heavy atom. The van der Waals surface area contributed by atoms with E-state index in [1.807, 2.05) is 24.4 Å². The molecule has 1 saturated carbocycles. The number of hydrogen-bond donors (Lipinski definition) is 1. The van der Waals surface area contributed by atoms with Crippen molar-refractivity contribution in [3.63, 3.8) is 0 Å². The largest absolute Gasteiger partial charge is 0.354 e. The van der Waals surface area contributed by atoms with Gasteiger partial charge in [0.25, 0.3) is 0 Å². The van der Waals surface area contributed by atoms with E-state index >= 15 is 0 Å². The maximum absolute atomic E-state index is 11.9. The summed E-state index contributed by atoms with van der Waals surface area (Å²) < 4.78 is 0. The molecule has 2 heterocycles. The third kappa shape index (κ3) is 2.33. The normalized spacial score (nSPS) is 23.8. The van der Waals surface area contributed by atoms with E-state index in [4.69, 9.17) is 0 Å². The summed E-state index contributed by atoms with van der Waals surface area (Å²) in [4.78, 5) is 18.5. The van der Waals surface area contributed by atoms with Crippen LogP contribution in [0.4, 0.5) is 5.82 Å². The smallest absolute Gasteiger partial charge is 0.223 e. The molecule has 0 bridgehead atoms. The predicted octanol–water partition coefficient (Wildman–Crippen LogP) is 1.58. The third-order valence-electron chi connectivity index (χ3n) is 3.98. The number of carbonyl (C=O) groups is 1. The van der Waals surface area contributed by atoms with Gasteiger partial charge in [-0.05, 0) is 31.4 Å². The minimum atomic E-state index is 0.258. The second-order valence-corrected chi connectivity index (χ2v) is 5.26. The Hall–Kier alpha value is -1.58. The average Bonchev–Trinajstić information content (AvgIpc) is 2.76. The summed E-state index contributed by atoms with van der Waals surface area (Å²) in [6, 6.07) is 6.24. The van der Waals surface area contributed by atoms with Crippen LogP contribution in [0.5, 0.6) is 0 Å². The van der Waals surface area contributed by atoms with Gasteiger partial charge >= 0.3 is 0 Å². The Balaban J connectivity index is 1.53. The van der Waals surface area contributed by atoms with Gasteiger partial charge in [-0.3, -0.25) is 4.79 Å². The fraction of sp³-hybridized carbons (Fsp3) is 0.571. The molecular weight excluding hydrogens is 226 g/mol. The highest BCUT2D eigenvalue weighted by Gasteiger charge is 2.30. The first kappa shape index (κ1) is 11.5. The van der Waals surface area contributed by atoms with E-state index in [9.17, 15) is 4.79 Å². The summed E-state index contributed by atoms with van der Waals surface area (Å²) in [5, 5.41) is 3.17. The van der Waals surface area contributed by atoms with Gasteiger partial charge in [0.15, 0.2) is 0 Å². The van der Waals surface area contributed by atoms with Crippen molar-refractivity contribution in [1.29, 1.82) is 0 Å². The zero-order valence-corrected chi connectivity index (χ0v) is 10.5. The van der Waals surface area contributed by atoms with Crippen LogP contribution in [0.15, 0.2) is 24.4 Å². The van der Waals surface area contributed by atoms with Crippen molar-refractivity contribution in [2.45, 2.75) is 31.7 Å². The summed E-state index contributed by atoms with van der Waals surface area (Å²) in [6.45, 7) is 1.86. The predicted molar refractivity (Wildman–Crippen MR) is 70.3 cm³/mol. The molecule has 1 aromatic rings. The van der Waals surface area contributed by atoms with E-state index in [0.717, 1.165) is 38.2 Å². The minimum absolute atomic E-state index is 0.258. The molecule has 4 heteroatoms. The molecule has 1 N–H and O–H groups in total. The average molecular weight is 245 g/mol. The summed E-state index contributed by atoms with van der Waals surface area (Å²) in [5.41, 5.74) is 0. The van der Waals surface area contributed by atoms with Crippen molar-refractivity contribution >= 4 is 11.7 Å². The second-order valence-electron chi connectivity index (χ2n) is 5.26. The number of aromatic nitrogens is 1. The zero-order chi connectivity index (χ0) is 12.4. The molecule has 4 nitrogen and oxygen atoms in total. The summed E-state index contributed by atoms with van der Waals surface area (Å²) in [6.07, 6.45) is 6.19. The molecule has 2 aliphatic rings. The lowest BCUT2D eigenvalue weighted by atomic mass is 9.84. The van der Waals surface area contributed by atoms with Crippen molar-refractivity contribution < 1.29 is 4.79 Å². The fourth-order valence-corrected chi connectivity index (χ4v) is 2.62. The topological polar surface area (TPSA) is 45.2 Å². The Kier molecular flexibility index (Phi) is 3.17. The molecule has 1 amide bonds. The number of pyridine rings is 1. The maximum Gasteiger partial charge on any atom is 0.223 e. The molecule has 0 unspecified atom stereocenters. The SMILES string of the molecule is O=C(N[C@H]1CCN(c2ccccn2)C1)C1CCC1. The van der Waals surface area contributed by atoms with Crippen LogP contribution in [0.2, 0.25) is 0 Å². The number of carbonyl (C=O) groups excluding carboxylic acids is 1. The van der Waals surface area contributed by atoms with Gasteiger partial charge in [0, 0.05) is 31.2 Å². The summed E-state index contributed by atoms with van der Waals surface area (Å²) in [5.74, 6) is 1.56. The molecule has 0 aromatic carbocycles. The highest BCUT2D eigenvalue weighted by Crippen LogP contribution is 2.27. The van der Waals surface area contributed by atoms with Gasteiger partial charge < -0.3 is 10.2 Å². The molecular formula is C14H19N3O. The quantitative estimate of drug-likeness (QED) is 0.879. The van der Waals surface area contributed by atoms with Gasteiger partial charge in [-0.25, -0.2) is 4.98 Å². The molecule has 2 fully saturated rings. The Labute approximate surface area is 107 Å². The Morgan fingerprint density at radius 3 is 2.89 bits per heavy atom. The van der Waals surface area contributed by atoms with Crippen LogP contribution >= 0.6 is 0 Å². The van der Waals surface area contributed by atoms with Gasteiger partial charge in [-0.2, -0.15) is 0 Å². The van der Waals surface area contributed by atoms with Gasteiger partial charge in [0.1, 0.15) is 5.82 Å². The van der Waals surface area contributed by atoms with E-state index in [0.29, 0.717) is 6.04 Å². The van der Waals surface area contributed by atoms with E-state index in [1.54, 1.807) is 0 Å². The molecule has 96 valence electrons. The molecule has 1 saturated heterocycles. The van der Waals surface area contributed by atoms with Gasteiger partial charge in [-0.1, -0.05) is 12.5 Å². The van der Waals surface area contributed by atoms with E-state index in [1.165, 1.54) is 6.42 Å². The highest BCUT2D eigenvalue weighted by molar-refractivity contribution is 5.79. The highest BCUT2D eigenvalue weighted by atomic mass is 16.2. The Morgan fingerprint density at radius 2 is 2.22 bits per heavy atom. The van der Waals surface area contributed by atoms with E-state index in [-0.39, 0.29) is 11.8 Å². The van der Waals surface area contributed by atoms with Crippen molar-refractivity contribution in [2.75, 3.05) is 18.0 Å². The minimum Gasteiger partial charge on any atom is -0.354 e. The van der Waals surface area contributed by atoms with Crippen molar-refractivity contribution in [3.05, 3.63) is 24.4 Å². The number of amides is 1. The molecule has 0 radical (unpaired) electrons. The number of anilines is 1. The molecule has 1 aliphatic heterocycles. The van der Waals surface area contributed by atoms with Gasteiger partial charge in [0.2, 0.25) is 5.91 Å². The van der Waals surface area contributed by atoms with Crippen molar-refractivity contribution in [2.24, 2.45) is 5.92 Å². The zero-order valence-electron chi connectivity index (χ0n) is 10.5. The monoisotopic (exact) mass is 245 g/mol. The molecule has 3 rings (SSSR count). The first-order valence-corrected chi connectivity index (χ1v) is 6.79. The standard InChI is InChI=1S/C14H19N3O/c18-14(11-4-3-5-11)16-12-7-9-17(10-12)13-6-1-2-8-15-13/h1-2,6,8,11-12H,3-5,7,9-10H2,(H,16,18)/t12-/m0/s1. The maximum atomic E-state index is 11.9. The first-order chi connectivity index (χ1) is 8.83.